The molecule has 0 bridgehead atoms. The molecular formula is C21H38N2O5. The van der Waals surface area contributed by atoms with Gasteiger partial charge in [-0.2, -0.15) is 0 Å². The van der Waals surface area contributed by atoms with Gasteiger partial charge in [-0.25, -0.2) is 0 Å². The fourth-order valence-corrected chi connectivity index (χ4v) is 2.46. The van der Waals surface area contributed by atoms with Crippen LogP contribution in [-0.4, -0.2) is 53.6 Å². The summed E-state index contributed by atoms with van der Waals surface area (Å²) < 4.78 is 5.70. The summed E-state index contributed by atoms with van der Waals surface area (Å²) in [5, 5.41) is 22.0. The Morgan fingerprint density at radius 3 is 2.18 bits per heavy atom. The number of benzene rings is 1. The summed E-state index contributed by atoms with van der Waals surface area (Å²) in [4.78, 5) is 23.9. The lowest BCUT2D eigenvalue weighted by molar-refractivity contribution is -0.129. The third-order valence-electron chi connectivity index (χ3n) is 3.92. The molecule has 7 nitrogen and oxygen atoms in total. The molecule has 0 radical (unpaired) electrons. The van der Waals surface area contributed by atoms with Crippen molar-refractivity contribution < 1.29 is 27.4 Å². The van der Waals surface area contributed by atoms with Gasteiger partial charge in [-0.3, -0.25) is 9.59 Å². The van der Waals surface area contributed by atoms with E-state index in [9.17, 15) is 9.59 Å². The normalized spacial score (nSPS) is 19.4. The van der Waals surface area contributed by atoms with Crippen LogP contribution in [0.1, 0.15) is 54.3 Å². The third-order valence-corrected chi connectivity index (χ3v) is 3.92. The van der Waals surface area contributed by atoms with Crippen molar-refractivity contribution in [3.05, 3.63) is 35.9 Å². The largest absolute Gasteiger partial charge is 0.376 e. The molecule has 2 amide bonds. The van der Waals surface area contributed by atoms with Crippen LogP contribution in [0.5, 0.6) is 0 Å². The van der Waals surface area contributed by atoms with E-state index in [1.165, 1.54) is 13.8 Å². The lowest BCUT2D eigenvalue weighted by atomic mass is 9.95. The van der Waals surface area contributed by atoms with E-state index in [0.717, 1.165) is 6.42 Å². The first kappa shape index (κ1) is 24.1. The molecule has 1 saturated heterocycles. The molecule has 28 heavy (non-hydrogen) atoms. The highest BCUT2D eigenvalue weighted by atomic mass is 16.5. The van der Waals surface area contributed by atoms with Gasteiger partial charge >= 0.3 is 0 Å². The molecule has 1 aromatic carbocycles. The van der Waals surface area contributed by atoms with Crippen LogP contribution in [0.4, 0.5) is 0 Å². The van der Waals surface area contributed by atoms with Gasteiger partial charge in [0.2, 0.25) is 5.91 Å². The maximum atomic E-state index is 12.0. The number of amides is 2. The third kappa shape index (κ3) is 10.4. The summed E-state index contributed by atoms with van der Waals surface area (Å²) in [5.74, 6) is -1.24. The molecule has 1 aromatic rings. The summed E-state index contributed by atoms with van der Waals surface area (Å²) in [6.07, 6.45) is 0.874. The van der Waals surface area contributed by atoms with Crippen molar-refractivity contribution in [1.29, 1.82) is 0 Å². The Morgan fingerprint density at radius 2 is 1.64 bits per heavy atom. The van der Waals surface area contributed by atoms with Crippen LogP contribution in [0.3, 0.4) is 0 Å². The molecule has 1 aliphatic rings. The molecule has 0 aromatic heterocycles. The van der Waals surface area contributed by atoms with E-state index in [-0.39, 0.29) is 26.2 Å². The van der Waals surface area contributed by atoms with Crippen LogP contribution in [0.15, 0.2) is 30.3 Å². The summed E-state index contributed by atoms with van der Waals surface area (Å²) in [6.45, 7) is 10.0. The molecule has 1 heterocycles. The molecule has 0 spiro atoms. The summed E-state index contributed by atoms with van der Waals surface area (Å²) >= 11 is 0. The standard InChI is InChI=1S/C18H26N2O3.C3H8O2.2H2/c1-18(2,3)17(22)20-11-15-9-13(12-23-15)10-19-16(21)14-7-5-4-6-8-14;1-3(2,4)5;;/h4-8,13,15H,9-12H2,1-3H3,(H,19,21)(H,20,22);4-5H,1-2H3;2*1H/t13-,15+;;;/m1.../s1. The van der Waals surface area contributed by atoms with Crippen LogP contribution in [0.2, 0.25) is 0 Å². The van der Waals surface area contributed by atoms with Crippen molar-refractivity contribution in [3.63, 3.8) is 0 Å². The highest BCUT2D eigenvalue weighted by Gasteiger charge is 2.28. The average molecular weight is 399 g/mol. The second kappa shape index (κ2) is 10.5. The summed E-state index contributed by atoms with van der Waals surface area (Å²) in [7, 11) is 0. The number of nitrogens with one attached hydrogen (secondary N) is 2. The number of aliphatic hydroxyl groups is 2. The lowest BCUT2D eigenvalue weighted by Gasteiger charge is -2.19. The molecule has 1 aliphatic heterocycles. The Bertz CT molecular complexity index is 625. The SMILES string of the molecule is CC(C)(C)C(=O)NC[C@@H]1C[C@H](CNC(=O)c2ccccc2)CO1.CC(C)(O)O.[HH].[HH]. The van der Waals surface area contributed by atoms with E-state index < -0.39 is 5.79 Å². The minimum absolute atomic E-state index is 0. The van der Waals surface area contributed by atoms with Crippen molar-refractivity contribution in [1.82, 2.24) is 10.6 Å². The number of hydrogen-bond donors (Lipinski definition) is 4. The van der Waals surface area contributed by atoms with E-state index in [0.29, 0.717) is 31.2 Å². The van der Waals surface area contributed by atoms with Crippen LogP contribution in [-0.2, 0) is 9.53 Å². The Kier molecular flexibility index (Phi) is 9.07. The van der Waals surface area contributed by atoms with Crippen molar-refractivity contribution >= 4 is 11.8 Å². The van der Waals surface area contributed by atoms with E-state index in [4.69, 9.17) is 14.9 Å². The highest BCUT2D eigenvalue weighted by molar-refractivity contribution is 5.94. The van der Waals surface area contributed by atoms with E-state index in [2.05, 4.69) is 10.6 Å². The molecule has 7 heteroatoms. The van der Waals surface area contributed by atoms with Gasteiger partial charge in [0.15, 0.2) is 5.79 Å². The molecule has 0 saturated carbocycles. The van der Waals surface area contributed by atoms with Crippen LogP contribution in [0.25, 0.3) is 0 Å². The topological polar surface area (TPSA) is 108 Å². The number of hydrogen-bond acceptors (Lipinski definition) is 5. The smallest absolute Gasteiger partial charge is 0.251 e. The Morgan fingerprint density at radius 1 is 1.07 bits per heavy atom. The van der Waals surface area contributed by atoms with Gasteiger partial charge in [0.05, 0.1) is 12.7 Å². The zero-order chi connectivity index (χ0) is 21.4. The molecular weight excluding hydrogens is 360 g/mol. The van der Waals surface area contributed by atoms with Gasteiger partial charge < -0.3 is 25.6 Å². The number of ether oxygens (including phenoxy) is 1. The number of rotatable bonds is 5. The van der Waals surface area contributed by atoms with E-state index >= 15 is 0 Å². The van der Waals surface area contributed by atoms with Crippen molar-refractivity contribution in [2.24, 2.45) is 11.3 Å². The Labute approximate surface area is 170 Å². The van der Waals surface area contributed by atoms with Gasteiger partial charge in [-0.1, -0.05) is 39.0 Å². The summed E-state index contributed by atoms with van der Waals surface area (Å²) in [5.41, 5.74) is 0.280. The number of carbonyl (C=O) groups is 2. The van der Waals surface area contributed by atoms with Crippen molar-refractivity contribution in [2.75, 3.05) is 19.7 Å². The van der Waals surface area contributed by atoms with Gasteiger partial charge in [0.1, 0.15) is 0 Å². The molecule has 2 atom stereocenters. The Hall–Kier alpha value is -1.96. The maximum Gasteiger partial charge on any atom is 0.251 e. The first-order valence-corrected chi connectivity index (χ1v) is 9.54. The van der Waals surface area contributed by atoms with Gasteiger partial charge in [-0.05, 0) is 32.4 Å². The van der Waals surface area contributed by atoms with Gasteiger partial charge in [0, 0.05) is 32.8 Å². The monoisotopic (exact) mass is 398 g/mol. The van der Waals surface area contributed by atoms with Crippen LogP contribution < -0.4 is 10.6 Å². The van der Waals surface area contributed by atoms with Crippen LogP contribution >= 0.6 is 0 Å². The Balaban J connectivity index is 0. The minimum atomic E-state index is -1.50. The molecule has 0 aliphatic carbocycles. The van der Waals surface area contributed by atoms with Gasteiger partial charge in [0.25, 0.3) is 5.91 Å². The van der Waals surface area contributed by atoms with Crippen molar-refractivity contribution in [2.45, 2.75) is 52.9 Å². The second-order valence-electron chi connectivity index (χ2n) is 8.59. The first-order valence-electron chi connectivity index (χ1n) is 9.54. The molecule has 4 N–H and O–H groups in total. The molecule has 162 valence electrons. The molecule has 1 fully saturated rings. The summed E-state index contributed by atoms with van der Waals surface area (Å²) in [6, 6.07) is 9.18. The van der Waals surface area contributed by atoms with E-state index in [1.54, 1.807) is 12.1 Å². The van der Waals surface area contributed by atoms with Gasteiger partial charge in [-0.15, -0.1) is 0 Å². The fraction of sp³-hybridized carbons (Fsp3) is 0.619. The average Bonchev–Trinajstić information content (AvgIpc) is 3.04. The zero-order valence-corrected chi connectivity index (χ0v) is 17.5. The van der Waals surface area contributed by atoms with E-state index in [1.807, 2.05) is 39.0 Å². The molecule has 2 rings (SSSR count). The first-order chi connectivity index (χ1) is 12.9. The zero-order valence-electron chi connectivity index (χ0n) is 17.5. The fourth-order valence-electron chi connectivity index (χ4n) is 2.46. The predicted molar refractivity (Wildman–Crippen MR) is 112 cm³/mol. The second-order valence-corrected chi connectivity index (χ2v) is 8.59. The molecule has 0 unspecified atom stereocenters. The van der Waals surface area contributed by atoms with Crippen molar-refractivity contribution in [3.8, 4) is 0 Å². The predicted octanol–water partition coefficient (Wildman–Crippen LogP) is 2.18. The lowest BCUT2D eigenvalue weighted by Crippen LogP contribution is -2.39. The quantitative estimate of drug-likeness (QED) is 0.569. The van der Waals surface area contributed by atoms with Crippen LogP contribution in [0, 0.1) is 11.3 Å². The highest BCUT2D eigenvalue weighted by Crippen LogP contribution is 2.19. The minimum Gasteiger partial charge on any atom is -0.376 e. The number of carbonyl (C=O) groups excluding carboxylic acids is 2. The maximum absolute atomic E-state index is 12.0.